The molecule has 1 fully saturated rings. The minimum atomic E-state index is 0.103. The molecular formula is C15H16BrN3OS. The monoisotopic (exact) mass is 365 g/mol. The zero-order valence-electron chi connectivity index (χ0n) is 11.8. The van der Waals surface area contributed by atoms with Crippen LogP contribution in [0.3, 0.4) is 0 Å². The van der Waals surface area contributed by atoms with E-state index in [4.69, 9.17) is 0 Å². The molecule has 0 atom stereocenters. The van der Waals surface area contributed by atoms with E-state index in [0.29, 0.717) is 0 Å². The van der Waals surface area contributed by atoms with Crippen LogP contribution in [0.4, 0.5) is 5.13 Å². The van der Waals surface area contributed by atoms with Gasteiger partial charge >= 0.3 is 0 Å². The third-order valence-electron chi connectivity index (χ3n) is 3.52. The molecule has 0 unspecified atom stereocenters. The number of hydrogen-bond donors (Lipinski definition) is 0. The summed E-state index contributed by atoms with van der Waals surface area (Å²) in [7, 11) is 0. The first-order valence-corrected chi connectivity index (χ1v) is 8.46. The molecule has 1 amide bonds. The molecule has 1 aliphatic heterocycles. The predicted octanol–water partition coefficient (Wildman–Crippen LogP) is 3.18. The van der Waals surface area contributed by atoms with E-state index >= 15 is 0 Å². The van der Waals surface area contributed by atoms with Gasteiger partial charge in [-0.1, -0.05) is 22.0 Å². The van der Waals surface area contributed by atoms with Crippen LogP contribution in [0.25, 0.3) is 0 Å². The van der Waals surface area contributed by atoms with E-state index in [1.165, 1.54) is 4.88 Å². The molecule has 0 aliphatic carbocycles. The number of amides is 1. The molecule has 1 aromatic heterocycles. The smallest absolute Gasteiger partial charge is 0.254 e. The first kappa shape index (κ1) is 14.5. The van der Waals surface area contributed by atoms with E-state index in [1.54, 1.807) is 11.3 Å². The van der Waals surface area contributed by atoms with Crippen LogP contribution in [-0.4, -0.2) is 42.0 Å². The Balaban J connectivity index is 1.64. The van der Waals surface area contributed by atoms with Crippen LogP contribution in [0.2, 0.25) is 0 Å². The number of piperazine rings is 1. The van der Waals surface area contributed by atoms with Crippen molar-refractivity contribution in [1.29, 1.82) is 0 Å². The summed E-state index contributed by atoms with van der Waals surface area (Å²) in [4.78, 5) is 22.3. The number of carbonyl (C=O) groups excluding carboxylic acids is 1. The van der Waals surface area contributed by atoms with Crippen molar-refractivity contribution in [3.8, 4) is 0 Å². The topological polar surface area (TPSA) is 36.4 Å². The van der Waals surface area contributed by atoms with Gasteiger partial charge in [0.15, 0.2) is 5.13 Å². The SMILES string of the molecule is Cc1cnc(N2CCN(C(=O)c3cccc(Br)c3)CC2)s1. The fourth-order valence-corrected chi connectivity index (χ4v) is 3.60. The molecule has 1 aliphatic rings. The standard InChI is InChI=1S/C15H16BrN3OS/c1-11-10-17-15(21-11)19-7-5-18(6-8-19)14(20)12-3-2-4-13(16)9-12/h2-4,9-10H,5-8H2,1H3. The highest BCUT2D eigenvalue weighted by Crippen LogP contribution is 2.23. The van der Waals surface area contributed by atoms with E-state index < -0.39 is 0 Å². The molecule has 0 bridgehead atoms. The molecule has 21 heavy (non-hydrogen) atoms. The Labute approximate surface area is 136 Å². The van der Waals surface area contributed by atoms with Gasteiger partial charge in [-0.3, -0.25) is 4.79 Å². The number of anilines is 1. The van der Waals surface area contributed by atoms with Crippen molar-refractivity contribution in [3.63, 3.8) is 0 Å². The van der Waals surface area contributed by atoms with Gasteiger partial charge in [0, 0.05) is 47.3 Å². The molecule has 1 saturated heterocycles. The Kier molecular flexibility index (Phi) is 4.26. The zero-order valence-corrected chi connectivity index (χ0v) is 14.2. The Bertz CT molecular complexity index is 650. The van der Waals surface area contributed by atoms with Gasteiger partial charge in [0.25, 0.3) is 5.91 Å². The van der Waals surface area contributed by atoms with Crippen molar-refractivity contribution in [2.24, 2.45) is 0 Å². The van der Waals surface area contributed by atoms with Crippen molar-refractivity contribution in [2.45, 2.75) is 6.92 Å². The van der Waals surface area contributed by atoms with Crippen LogP contribution in [0.15, 0.2) is 34.9 Å². The summed E-state index contributed by atoms with van der Waals surface area (Å²) in [6.45, 7) is 5.22. The molecule has 1 aromatic carbocycles. The average Bonchev–Trinajstić information content (AvgIpc) is 2.93. The molecule has 110 valence electrons. The minimum Gasteiger partial charge on any atom is -0.345 e. The van der Waals surface area contributed by atoms with Gasteiger partial charge in [-0.2, -0.15) is 0 Å². The van der Waals surface area contributed by atoms with Crippen LogP contribution in [0, 0.1) is 6.92 Å². The molecule has 0 saturated carbocycles. The summed E-state index contributed by atoms with van der Waals surface area (Å²) in [6.07, 6.45) is 1.90. The highest BCUT2D eigenvalue weighted by Gasteiger charge is 2.23. The first-order valence-electron chi connectivity index (χ1n) is 6.86. The normalized spacial score (nSPS) is 15.3. The second-order valence-corrected chi connectivity index (χ2v) is 7.17. The third-order valence-corrected chi connectivity index (χ3v) is 4.98. The van der Waals surface area contributed by atoms with Crippen LogP contribution < -0.4 is 4.90 Å². The maximum absolute atomic E-state index is 12.5. The molecule has 4 nitrogen and oxygen atoms in total. The lowest BCUT2D eigenvalue weighted by Crippen LogP contribution is -2.48. The number of thiazole rings is 1. The van der Waals surface area contributed by atoms with Crippen LogP contribution in [-0.2, 0) is 0 Å². The molecule has 0 radical (unpaired) electrons. The molecule has 0 N–H and O–H groups in total. The summed E-state index contributed by atoms with van der Waals surface area (Å²) in [5.74, 6) is 0.103. The lowest BCUT2D eigenvalue weighted by atomic mass is 10.2. The van der Waals surface area contributed by atoms with Crippen molar-refractivity contribution in [1.82, 2.24) is 9.88 Å². The summed E-state index contributed by atoms with van der Waals surface area (Å²) in [6, 6.07) is 7.56. The Morgan fingerprint density at radius 1 is 1.29 bits per heavy atom. The van der Waals surface area contributed by atoms with Crippen molar-refractivity contribution < 1.29 is 4.79 Å². The largest absolute Gasteiger partial charge is 0.345 e. The fraction of sp³-hybridized carbons (Fsp3) is 0.333. The maximum atomic E-state index is 12.5. The lowest BCUT2D eigenvalue weighted by molar-refractivity contribution is 0.0746. The number of aryl methyl sites for hydroxylation is 1. The summed E-state index contributed by atoms with van der Waals surface area (Å²) < 4.78 is 0.935. The van der Waals surface area contributed by atoms with Crippen molar-refractivity contribution in [2.75, 3.05) is 31.1 Å². The Hall–Kier alpha value is -1.40. The molecule has 3 rings (SSSR count). The zero-order chi connectivity index (χ0) is 14.8. The lowest BCUT2D eigenvalue weighted by Gasteiger charge is -2.34. The van der Waals surface area contributed by atoms with Crippen LogP contribution in [0.1, 0.15) is 15.2 Å². The first-order chi connectivity index (χ1) is 10.1. The Morgan fingerprint density at radius 2 is 2.05 bits per heavy atom. The number of rotatable bonds is 2. The van der Waals surface area contributed by atoms with Gasteiger partial charge in [-0.25, -0.2) is 4.98 Å². The van der Waals surface area contributed by atoms with Gasteiger partial charge in [-0.05, 0) is 25.1 Å². The van der Waals surface area contributed by atoms with Gasteiger partial charge in [0.2, 0.25) is 0 Å². The van der Waals surface area contributed by atoms with Gasteiger partial charge < -0.3 is 9.80 Å². The summed E-state index contributed by atoms with van der Waals surface area (Å²) >= 11 is 5.12. The molecular weight excluding hydrogens is 350 g/mol. The van der Waals surface area contributed by atoms with Crippen LogP contribution in [0.5, 0.6) is 0 Å². The fourth-order valence-electron chi connectivity index (χ4n) is 2.39. The number of hydrogen-bond acceptors (Lipinski definition) is 4. The maximum Gasteiger partial charge on any atom is 0.254 e. The van der Waals surface area contributed by atoms with Crippen LogP contribution >= 0.6 is 27.3 Å². The third kappa shape index (κ3) is 3.27. The second-order valence-electron chi connectivity index (χ2n) is 5.04. The minimum absolute atomic E-state index is 0.103. The number of carbonyl (C=O) groups is 1. The van der Waals surface area contributed by atoms with Gasteiger partial charge in [0.1, 0.15) is 0 Å². The highest BCUT2D eigenvalue weighted by molar-refractivity contribution is 9.10. The number of aromatic nitrogens is 1. The molecule has 2 aromatic rings. The molecule has 2 heterocycles. The molecule has 0 spiro atoms. The quantitative estimate of drug-likeness (QED) is 0.819. The van der Waals surface area contributed by atoms with Crippen molar-refractivity contribution >= 4 is 38.3 Å². The summed E-state index contributed by atoms with van der Waals surface area (Å²) in [5, 5.41) is 1.06. The highest BCUT2D eigenvalue weighted by atomic mass is 79.9. The number of benzene rings is 1. The van der Waals surface area contributed by atoms with E-state index in [0.717, 1.165) is 41.3 Å². The van der Waals surface area contributed by atoms with Gasteiger partial charge in [0.05, 0.1) is 0 Å². The van der Waals surface area contributed by atoms with E-state index in [1.807, 2.05) is 35.4 Å². The van der Waals surface area contributed by atoms with Gasteiger partial charge in [-0.15, -0.1) is 11.3 Å². The van der Waals surface area contributed by atoms with E-state index in [2.05, 4.69) is 32.7 Å². The molecule has 6 heteroatoms. The number of halogens is 1. The average molecular weight is 366 g/mol. The number of nitrogens with zero attached hydrogens (tertiary/aromatic N) is 3. The predicted molar refractivity (Wildman–Crippen MR) is 89.1 cm³/mol. The van der Waals surface area contributed by atoms with E-state index in [9.17, 15) is 4.79 Å². The Morgan fingerprint density at radius 3 is 2.67 bits per heavy atom. The van der Waals surface area contributed by atoms with Crippen molar-refractivity contribution in [3.05, 3.63) is 45.4 Å². The summed E-state index contributed by atoms with van der Waals surface area (Å²) in [5.41, 5.74) is 0.739. The van der Waals surface area contributed by atoms with E-state index in [-0.39, 0.29) is 5.91 Å². The second kappa shape index (κ2) is 6.15.